The third-order valence-corrected chi connectivity index (χ3v) is 6.88. The molecule has 5 rings (SSSR count). The Labute approximate surface area is 169 Å². The van der Waals surface area contributed by atoms with Gasteiger partial charge in [-0.1, -0.05) is 30.3 Å². The highest BCUT2D eigenvalue weighted by Crippen LogP contribution is 2.43. The number of hydrogen-bond acceptors (Lipinski definition) is 5. The van der Waals surface area contributed by atoms with Gasteiger partial charge >= 0.3 is 0 Å². The molecule has 0 radical (unpaired) electrons. The predicted octanol–water partition coefficient (Wildman–Crippen LogP) is 5.63. The van der Waals surface area contributed by atoms with Gasteiger partial charge in [-0.05, 0) is 50.7 Å². The van der Waals surface area contributed by atoms with E-state index in [1.54, 1.807) is 17.7 Å². The van der Waals surface area contributed by atoms with Crippen LogP contribution in [-0.4, -0.2) is 28.0 Å². The molecule has 4 nitrogen and oxygen atoms in total. The first-order valence-electron chi connectivity index (χ1n) is 10.2. The van der Waals surface area contributed by atoms with Crippen LogP contribution in [0.25, 0.3) is 31.7 Å². The zero-order valence-electron chi connectivity index (χ0n) is 16.4. The average molecular weight is 389 g/mol. The fourth-order valence-electron chi connectivity index (χ4n) is 4.43. The number of thiophene rings is 1. The fraction of sp³-hybridized carbons (Fsp3) is 0.348. The zero-order valence-corrected chi connectivity index (χ0v) is 17.2. The topological polar surface area (TPSA) is 41.9 Å². The summed E-state index contributed by atoms with van der Waals surface area (Å²) in [5.41, 5.74) is 6.35. The Morgan fingerprint density at radius 1 is 0.964 bits per heavy atom. The number of fused-ring (bicyclic) bond motifs is 5. The van der Waals surface area contributed by atoms with Gasteiger partial charge in [0.25, 0.3) is 0 Å². The van der Waals surface area contributed by atoms with Crippen molar-refractivity contribution in [3.05, 3.63) is 47.8 Å². The van der Waals surface area contributed by atoms with Crippen LogP contribution in [0.4, 0.5) is 5.82 Å². The molecule has 3 aromatic heterocycles. The summed E-state index contributed by atoms with van der Waals surface area (Å²) in [4.78, 5) is 17.9. The highest BCUT2D eigenvalue weighted by molar-refractivity contribution is 7.26. The molecule has 3 heterocycles. The molecule has 0 N–H and O–H groups in total. The van der Waals surface area contributed by atoms with Crippen LogP contribution < -0.4 is 4.90 Å². The summed E-state index contributed by atoms with van der Waals surface area (Å²) in [6, 6.07) is 10.6. The van der Waals surface area contributed by atoms with Crippen molar-refractivity contribution in [2.45, 2.75) is 39.5 Å². The maximum absolute atomic E-state index is 5.18. The first kappa shape index (κ1) is 17.6. The summed E-state index contributed by atoms with van der Waals surface area (Å²) < 4.78 is 1.17. The van der Waals surface area contributed by atoms with Gasteiger partial charge < -0.3 is 4.90 Å². The summed E-state index contributed by atoms with van der Waals surface area (Å²) >= 11 is 1.75. The number of benzene rings is 1. The average Bonchev–Trinajstić information content (AvgIpc) is 3.14. The molecule has 0 aliphatic heterocycles. The second-order valence-corrected chi connectivity index (χ2v) is 8.32. The van der Waals surface area contributed by atoms with Gasteiger partial charge in [-0.15, -0.1) is 11.3 Å². The predicted molar refractivity (Wildman–Crippen MR) is 118 cm³/mol. The van der Waals surface area contributed by atoms with Crippen molar-refractivity contribution in [1.82, 2.24) is 15.0 Å². The van der Waals surface area contributed by atoms with Crippen LogP contribution in [0, 0.1) is 0 Å². The van der Waals surface area contributed by atoms with Crippen molar-refractivity contribution in [1.29, 1.82) is 0 Å². The Morgan fingerprint density at radius 3 is 2.46 bits per heavy atom. The van der Waals surface area contributed by atoms with Crippen molar-refractivity contribution < 1.29 is 0 Å². The number of aryl methyl sites for hydroxylation is 1. The summed E-state index contributed by atoms with van der Waals surface area (Å²) in [6.45, 7) is 6.24. The van der Waals surface area contributed by atoms with Gasteiger partial charge in [-0.3, -0.25) is 0 Å². The van der Waals surface area contributed by atoms with Crippen LogP contribution >= 0.6 is 11.3 Å². The number of nitrogens with zero attached hydrogens (tertiary/aromatic N) is 4. The van der Waals surface area contributed by atoms with Gasteiger partial charge in [0.15, 0.2) is 0 Å². The summed E-state index contributed by atoms with van der Waals surface area (Å²) in [5, 5.41) is 1.27. The number of rotatable bonds is 4. The van der Waals surface area contributed by atoms with E-state index in [0.29, 0.717) is 0 Å². The molecule has 1 aliphatic rings. The van der Waals surface area contributed by atoms with E-state index >= 15 is 0 Å². The van der Waals surface area contributed by atoms with Gasteiger partial charge in [0.05, 0.1) is 15.9 Å². The molecular weight excluding hydrogens is 364 g/mol. The minimum atomic E-state index is 0.942. The molecule has 0 atom stereocenters. The molecule has 5 heteroatoms. The Balaban J connectivity index is 1.85. The van der Waals surface area contributed by atoms with Gasteiger partial charge in [-0.2, -0.15) is 0 Å². The molecule has 0 saturated carbocycles. The molecule has 28 heavy (non-hydrogen) atoms. The van der Waals surface area contributed by atoms with Gasteiger partial charge in [0.1, 0.15) is 17.0 Å². The minimum Gasteiger partial charge on any atom is -0.356 e. The van der Waals surface area contributed by atoms with Crippen molar-refractivity contribution >= 4 is 37.6 Å². The van der Waals surface area contributed by atoms with Crippen molar-refractivity contribution in [2.24, 2.45) is 0 Å². The molecule has 1 aromatic carbocycles. The zero-order chi connectivity index (χ0) is 19.1. The maximum Gasteiger partial charge on any atom is 0.150 e. The third kappa shape index (κ3) is 2.68. The highest BCUT2D eigenvalue weighted by Gasteiger charge is 2.24. The molecular formula is C23H24N4S. The molecule has 1 aliphatic carbocycles. The van der Waals surface area contributed by atoms with E-state index in [1.165, 1.54) is 39.6 Å². The smallest absolute Gasteiger partial charge is 0.150 e. The number of hydrogen-bond donors (Lipinski definition) is 0. The quantitative estimate of drug-likeness (QED) is 0.454. The largest absolute Gasteiger partial charge is 0.356 e. The molecule has 4 aromatic rings. The van der Waals surface area contributed by atoms with E-state index in [4.69, 9.17) is 9.97 Å². The third-order valence-electron chi connectivity index (χ3n) is 5.81. The van der Waals surface area contributed by atoms with E-state index in [9.17, 15) is 0 Å². The van der Waals surface area contributed by atoms with Crippen molar-refractivity contribution in [3.63, 3.8) is 0 Å². The van der Waals surface area contributed by atoms with Crippen LogP contribution in [0.15, 0.2) is 36.7 Å². The Kier molecular flexibility index (Phi) is 4.47. The van der Waals surface area contributed by atoms with Crippen LogP contribution in [0.5, 0.6) is 0 Å². The highest BCUT2D eigenvalue weighted by atomic mass is 32.1. The lowest BCUT2D eigenvalue weighted by Crippen LogP contribution is -2.23. The lowest BCUT2D eigenvalue weighted by molar-refractivity contribution is 0.689. The van der Waals surface area contributed by atoms with Crippen LogP contribution in [0.2, 0.25) is 0 Å². The Hall–Kier alpha value is -2.53. The maximum atomic E-state index is 5.18. The van der Waals surface area contributed by atoms with Crippen molar-refractivity contribution in [3.8, 4) is 11.3 Å². The standard InChI is InChI=1S/C23H24N4S/c1-3-27(4-2)22-21-20(24-14-25-22)18-16-12-8-9-13-17(16)19(26-23(18)28-21)15-10-6-5-7-11-15/h5-7,10-11,14H,3-4,8-9,12-13H2,1-2H3. The minimum absolute atomic E-state index is 0.942. The van der Waals surface area contributed by atoms with Gasteiger partial charge in [0.2, 0.25) is 0 Å². The van der Waals surface area contributed by atoms with E-state index in [0.717, 1.165) is 47.8 Å². The monoisotopic (exact) mass is 388 g/mol. The fourth-order valence-corrected chi connectivity index (χ4v) is 5.61. The molecule has 142 valence electrons. The second kappa shape index (κ2) is 7.13. The van der Waals surface area contributed by atoms with E-state index < -0.39 is 0 Å². The second-order valence-electron chi connectivity index (χ2n) is 7.32. The molecule has 0 spiro atoms. The molecule has 0 saturated heterocycles. The number of anilines is 1. The lowest BCUT2D eigenvalue weighted by atomic mass is 9.87. The SMILES string of the molecule is CCN(CC)c1ncnc2c1sc1nc(-c3ccccc3)c3c(c12)CCCC3. The normalized spacial score (nSPS) is 13.8. The Morgan fingerprint density at radius 2 is 1.71 bits per heavy atom. The van der Waals surface area contributed by atoms with E-state index in [2.05, 4.69) is 54.1 Å². The lowest BCUT2D eigenvalue weighted by Gasteiger charge is -2.20. The van der Waals surface area contributed by atoms with Gasteiger partial charge in [0, 0.05) is 24.0 Å². The van der Waals surface area contributed by atoms with Gasteiger partial charge in [-0.25, -0.2) is 15.0 Å². The molecule has 0 fully saturated rings. The van der Waals surface area contributed by atoms with Crippen molar-refractivity contribution in [2.75, 3.05) is 18.0 Å². The molecule has 0 bridgehead atoms. The van der Waals surface area contributed by atoms with E-state index in [-0.39, 0.29) is 0 Å². The van der Waals surface area contributed by atoms with E-state index in [1.807, 2.05) is 0 Å². The summed E-state index contributed by atoms with van der Waals surface area (Å²) in [6.07, 6.45) is 6.42. The van der Waals surface area contributed by atoms with Crippen LogP contribution in [0.3, 0.4) is 0 Å². The molecule has 0 unspecified atom stereocenters. The first-order valence-corrected chi connectivity index (χ1v) is 11.0. The summed E-state index contributed by atoms with van der Waals surface area (Å²) in [5.74, 6) is 1.05. The Bertz CT molecular complexity index is 1150. The molecule has 0 amide bonds. The number of aromatic nitrogens is 3. The number of pyridine rings is 1. The first-order chi connectivity index (χ1) is 13.8. The summed E-state index contributed by atoms with van der Waals surface area (Å²) in [7, 11) is 0. The van der Waals surface area contributed by atoms with Crippen LogP contribution in [0.1, 0.15) is 37.8 Å². The van der Waals surface area contributed by atoms with Crippen LogP contribution in [-0.2, 0) is 12.8 Å².